The van der Waals surface area contributed by atoms with Crippen molar-refractivity contribution in [3.63, 3.8) is 0 Å². The van der Waals surface area contributed by atoms with Crippen molar-refractivity contribution in [1.29, 1.82) is 5.26 Å². The van der Waals surface area contributed by atoms with Crippen LogP contribution in [0.2, 0.25) is 0 Å². The van der Waals surface area contributed by atoms with Gasteiger partial charge in [0, 0.05) is 17.9 Å². The van der Waals surface area contributed by atoms with Crippen LogP contribution in [0.5, 0.6) is 0 Å². The molecule has 2 N–H and O–H groups in total. The molecule has 20 heavy (non-hydrogen) atoms. The van der Waals surface area contributed by atoms with Crippen molar-refractivity contribution in [2.45, 2.75) is 38.9 Å². The number of carbonyl (C=O) groups is 1. The second-order valence-corrected chi connectivity index (χ2v) is 5.71. The Bertz CT molecular complexity index is 591. The van der Waals surface area contributed by atoms with E-state index in [9.17, 15) is 10.1 Å². The fourth-order valence-electron chi connectivity index (χ4n) is 1.97. The summed E-state index contributed by atoms with van der Waals surface area (Å²) in [5, 5.41) is 9.19. The van der Waals surface area contributed by atoms with Gasteiger partial charge in [0.05, 0.1) is 22.3 Å². The van der Waals surface area contributed by atoms with E-state index in [4.69, 9.17) is 15.0 Å². The van der Waals surface area contributed by atoms with Crippen LogP contribution in [-0.2, 0) is 9.31 Å². The average Bonchev–Trinajstić information content (AvgIpc) is 2.57. The number of amides is 1. The smallest absolute Gasteiger partial charge is 0.399 e. The van der Waals surface area contributed by atoms with Gasteiger partial charge in [-0.2, -0.15) is 5.26 Å². The predicted octanol–water partition coefficient (Wildman–Crippen LogP) is 0.351. The molecule has 0 saturated carbocycles. The molecule has 104 valence electrons. The highest BCUT2D eigenvalue weighted by atomic mass is 16.7. The normalized spacial score (nSPS) is 19.6. The minimum Gasteiger partial charge on any atom is -0.399 e. The number of primary amides is 1. The zero-order valence-corrected chi connectivity index (χ0v) is 11.9. The predicted molar refractivity (Wildman–Crippen MR) is 73.2 cm³/mol. The van der Waals surface area contributed by atoms with Crippen LogP contribution >= 0.6 is 0 Å². The van der Waals surface area contributed by atoms with E-state index in [1.165, 1.54) is 12.4 Å². The third-order valence-electron chi connectivity index (χ3n) is 3.86. The van der Waals surface area contributed by atoms with E-state index in [1.807, 2.05) is 33.8 Å². The van der Waals surface area contributed by atoms with Crippen LogP contribution in [0.4, 0.5) is 0 Å². The molecular formula is C13H16BN3O3. The maximum atomic E-state index is 11.5. The second kappa shape index (κ2) is 4.58. The molecule has 1 amide bonds. The van der Waals surface area contributed by atoms with Crippen LogP contribution in [0.25, 0.3) is 0 Å². The van der Waals surface area contributed by atoms with Crippen molar-refractivity contribution in [3.05, 3.63) is 23.5 Å². The molecule has 2 heterocycles. The molecule has 1 saturated heterocycles. The monoisotopic (exact) mass is 273 g/mol. The molecule has 6 nitrogen and oxygen atoms in total. The maximum Gasteiger partial charge on any atom is 0.497 e. The molecule has 0 radical (unpaired) electrons. The lowest BCUT2D eigenvalue weighted by molar-refractivity contribution is 0.00578. The lowest BCUT2D eigenvalue weighted by Gasteiger charge is -2.32. The number of nitriles is 1. The summed E-state index contributed by atoms with van der Waals surface area (Å²) >= 11 is 0. The number of hydrogen-bond acceptors (Lipinski definition) is 5. The Labute approximate surface area is 118 Å². The fraction of sp³-hybridized carbons (Fsp3) is 0.462. The minimum absolute atomic E-state index is 0.141. The van der Waals surface area contributed by atoms with Gasteiger partial charge < -0.3 is 15.0 Å². The SMILES string of the molecule is CC1(C)OB(c2c(C#N)cncc2C(N)=O)OC1(C)C. The Morgan fingerprint density at radius 3 is 2.30 bits per heavy atom. The van der Waals surface area contributed by atoms with Gasteiger partial charge in [0.15, 0.2) is 0 Å². The average molecular weight is 273 g/mol. The van der Waals surface area contributed by atoms with Crippen LogP contribution in [0.15, 0.2) is 12.4 Å². The third-order valence-corrected chi connectivity index (χ3v) is 3.86. The summed E-state index contributed by atoms with van der Waals surface area (Å²) in [4.78, 5) is 15.4. The summed E-state index contributed by atoms with van der Waals surface area (Å²) < 4.78 is 11.7. The number of nitrogens with zero attached hydrogens (tertiary/aromatic N) is 2. The highest BCUT2D eigenvalue weighted by Gasteiger charge is 2.53. The third kappa shape index (κ3) is 2.17. The summed E-state index contributed by atoms with van der Waals surface area (Å²) in [6.07, 6.45) is 2.69. The molecule has 2 rings (SSSR count). The van der Waals surface area contributed by atoms with Crippen molar-refractivity contribution in [2.24, 2.45) is 5.73 Å². The van der Waals surface area contributed by atoms with Gasteiger partial charge in [0.25, 0.3) is 0 Å². The summed E-state index contributed by atoms with van der Waals surface area (Å²) in [6, 6.07) is 1.99. The fourth-order valence-corrected chi connectivity index (χ4v) is 1.97. The quantitative estimate of drug-likeness (QED) is 0.784. The first kappa shape index (κ1) is 14.5. The van der Waals surface area contributed by atoms with Gasteiger partial charge in [-0.1, -0.05) is 0 Å². The van der Waals surface area contributed by atoms with E-state index in [2.05, 4.69) is 4.98 Å². The van der Waals surface area contributed by atoms with Crippen LogP contribution in [0.3, 0.4) is 0 Å². The second-order valence-electron chi connectivity index (χ2n) is 5.71. The van der Waals surface area contributed by atoms with Gasteiger partial charge in [-0.15, -0.1) is 0 Å². The summed E-state index contributed by atoms with van der Waals surface area (Å²) in [7, 11) is -0.819. The van der Waals surface area contributed by atoms with Crippen LogP contribution in [0, 0.1) is 11.3 Å². The van der Waals surface area contributed by atoms with Gasteiger partial charge in [-0.25, -0.2) is 0 Å². The number of rotatable bonds is 2. The Morgan fingerprint density at radius 2 is 1.85 bits per heavy atom. The molecular weight excluding hydrogens is 257 g/mol. The van der Waals surface area contributed by atoms with Crippen LogP contribution < -0.4 is 11.2 Å². The first-order valence-electron chi connectivity index (χ1n) is 6.23. The van der Waals surface area contributed by atoms with Crippen molar-refractivity contribution in [3.8, 4) is 6.07 Å². The highest BCUT2D eigenvalue weighted by Crippen LogP contribution is 2.36. The van der Waals surface area contributed by atoms with E-state index in [0.29, 0.717) is 5.46 Å². The van der Waals surface area contributed by atoms with Crippen LogP contribution in [-0.4, -0.2) is 29.2 Å². The molecule has 0 unspecified atom stereocenters. The standard InChI is InChI=1S/C13H16BN3O3/c1-12(2)13(3,4)20-14(19-12)10-8(5-15)6-17-7-9(10)11(16)18/h6-7H,1-4H3,(H2,16,18). The number of nitrogens with two attached hydrogens (primary N) is 1. The molecule has 0 spiro atoms. The Morgan fingerprint density at radius 1 is 1.30 bits per heavy atom. The summed E-state index contributed by atoms with van der Waals surface area (Å²) in [5.41, 5.74) is 4.91. The minimum atomic E-state index is -0.819. The van der Waals surface area contributed by atoms with Gasteiger partial charge in [0.2, 0.25) is 5.91 Å². The van der Waals surface area contributed by atoms with Gasteiger partial charge in [-0.3, -0.25) is 9.78 Å². The lowest BCUT2D eigenvalue weighted by Crippen LogP contribution is -2.41. The summed E-state index contributed by atoms with van der Waals surface area (Å²) in [6.45, 7) is 7.57. The number of carbonyl (C=O) groups excluding carboxylic acids is 1. The topological polar surface area (TPSA) is 98.2 Å². The highest BCUT2D eigenvalue weighted by molar-refractivity contribution is 6.64. The molecule has 1 aromatic heterocycles. The van der Waals surface area contributed by atoms with Crippen molar-refractivity contribution in [1.82, 2.24) is 4.98 Å². The Balaban J connectivity index is 2.55. The molecule has 1 aliphatic heterocycles. The Kier molecular flexibility index (Phi) is 3.32. The molecule has 1 aromatic rings. The van der Waals surface area contributed by atoms with Crippen LogP contribution in [0.1, 0.15) is 43.6 Å². The Hall–Kier alpha value is -1.91. The van der Waals surface area contributed by atoms with E-state index in [1.54, 1.807) is 0 Å². The maximum absolute atomic E-state index is 11.5. The van der Waals surface area contributed by atoms with E-state index >= 15 is 0 Å². The molecule has 0 atom stereocenters. The largest absolute Gasteiger partial charge is 0.497 e. The van der Waals surface area contributed by atoms with Crippen molar-refractivity contribution >= 4 is 18.5 Å². The zero-order chi connectivity index (χ0) is 15.1. The molecule has 1 fully saturated rings. The first-order chi connectivity index (χ1) is 9.19. The number of hydrogen-bond donors (Lipinski definition) is 1. The zero-order valence-electron chi connectivity index (χ0n) is 11.9. The number of pyridine rings is 1. The molecule has 7 heteroatoms. The lowest BCUT2D eigenvalue weighted by atomic mass is 9.74. The summed E-state index contributed by atoms with van der Waals surface area (Å²) in [5.74, 6) is -0.667. The van der Waals surface area contributed by atoms with E-state index in [-0.39, 0.29) is 11.1 Å². The first-order valence-corrected chi connectivity index (χ1v) is 6.23. The van der Waals surface area contributed by atoms with E-state index < -0.39 is 24.2 Å². The molecule has 0 bridgehead atoms. The van der Waals surface area contributed by atoms with Crippen molar-refractivity contribution in [2.75, 3.05) is 0 Å². The van der Waals surface area contributed by atoms with Gasteiger partial charge in [0.1, 0.15) is 6.07 Å². The molecule has 0 aliphatic carbocycles. The van der Waals surface area contributed by atoms with Gasteiger partial charge >= 0.3 is 7.12 Å². The molecule has 1 aliphatic rings. The van der Waals surface area contributed by atoms with Gasteiger partial charge in [-0.05, 0) is 27.7 Å². The number of aromatic nitrogens is 1. The van der Waals surface area contributed by atoms with Crippen molar-refractivity contribution < 1.29 is 14.1 Å². The van der Waals surface area contributed by atoms with E-state index in [0.717, 1.165) is 0 Å². The molecule has 0 aromatic carbocycles.